The van der Waals surface area contributed by atoms with E-state index in [4.69, 9.17) is 4.74 Å². The molecule has 1 rings (SSSR count). The second kappa shape index (κ2) is 5.35. The van der Waals surface area contributed by atoms with Crippen molar-refractivity contribution in [3.63, 3.8) is 0 Å². The molecule has 1 aliphatic rings. The summed E-state index contributed by atoms with van der Waals surface area (Å²) in [6.07, 6.45) is 1.48. The molecule has 0 spiro atoms. The SMILES string of the molecule is CCC(C)NC1(C(=O)OC)CCS(=O)(=O)CC1. The first kappa shape index (κ1) is 14.4. The smallest absolute Gasteiger partial charge is 0.326 e. The molecule has 1 N–H and O–H groups in total. The Morgan fingerprint density at radius 2 is 1.94 bits per heavy atom. The average Bonchev–Trinajstić information content (AvgIpc) is 2.31. The summed E-state index contributed by atoms with van der Waals surface area (Å²) in [5, 5.41) is 3.23. The Labute approximate surface area is 103 Å². The zero-order valence-electron chi connectivity index (χ0n) is 10.7. The third kappa shape index (κ3) is 3.42. The lowest BCUT2D eigenvalue weighted by atomic mass is 9.91. The number of hydrogen-bond acceptors (Lipinski definition) is 5. The van der Waals surface area contributed by atoms with Crippen LogP contribution in [0.1, 0.15) is 33.1 Å². The molecule has 0 radical (unpaired) electrons. The largest absolute Gasteiger partial charge is 0.468 e. The van der Waals surface area contributed by atoms with Gasteiger partial charge < -0.3 is 4.74 Å². The van der Waals surface area contributed by atoms with Crippen molar-refractivity contribution in [1.29, 1.82) is 0 Å². The predicted octanol–water partition coefficient (Wildman–Crippen LogP) is 0.495. The molecule has 0 aliphatic carbocycles. The van der Waals surface area contributed by atoms with E-state index < -0.39 is 15.4 Å². The minimum atomic E-state index is -2.99. The molecule has 1 saturated heterocycles. The van der Waals surface area contributed by atoms with E-state index in [9.17, 15) is 13.2 Å². The van der Waals surface area contributed by atoms with Crippen molar-refractivity contribution in [1.82, 2.24) is 5.32 Å². The Balaban J connectivity index is 2.85. The summed E-state index contributed by atoms with van der Waals surface area (Å²) in [4.78, 5) is 11.9. The molecular weight excluding hydrogens is 242 g/mol. The van der Waals surface area contributed by atoms with E-state index >= 15 is 0 Å². The number of ether oxygens (including phenoxy) is 1. The van der Waals surface area contributed by atoms with E-state index in [0.29, 0.717) is 12.8 Å². The highest BCUT2D eigenvalue weighted by Crippen LogP contribution is 2.26. The zero-order valence-corrected chi connectivity index (χ0v) is 11.5. The molecule has 0 saturated carbocycles. The molecule has 1 atom stereocenters. The van der Waals surface area contributed by atoms with Crippen LogP contribution in [-0.2, 0) is 19.4 Å². The molecule has 5 nitrogen and oxygen atoms in total. The van der Waals surface area contributed by atoms with Gasteiger partial charge in [-0.2, -0.15) is 0 Å². The highest BCUT2D eigenvalue weighted by molar-refractivity contribution is 7.91. The molecule has 17 heavy (non-hydrogen) atoms. The molecule has 1 aliphatic heterocycles. The summed E-state index contributed by atoms with van der Waals surface area (Å²) in [5.74, 6) is -0.260. The molecule has 6 heteroatoms. The van der Waals surface area contributed by atoms with Crippen LogP contribution in [0.5, 0.6) is 0 Å². The lowest BCUT2D eigenvalue weighted by Gasteiger charge is -2.37. The molecular formula is C11H21NO4S. The zero-order chi connectivity index (χ0) is 13.1. The van der Waals surface area contributed by atoms with E-state index in [-0.39, 0.29) is 23.5 Å². The Morgan fingerprint density at radius 1 is 1.41 bits per heavy atom. The Kier molecular flexibility index (Phi) is 4.55. The van der Waals surface area contributed by atoms with Gasteiger partial charge >= 0.3 is 5.97 Å². The number of hydrogen-bond donors (Lipinski definition) is 1. The average molecular weight is 263 g/mol. The molecule has 100 valence electrons. The summed E-state index contributed by atoms with van der Waals surface area (Å²) < 4.78 is 27.7. The standard InChI is InChI=1S/C11H21NO4S/c1-4-9(2)12-11(10(13)16-3)5-7-17(14,15)8-6-11/h9,12H,4-8H2,1-3H3. The maximum Gasteiger partial charge on any atom is 0.326 e. The van der Waals surface area contributed by atoms with Crippen molar-refractivity contribution < 1.29 is 17.9 Å². The number of rotatable bonds is 4. The van der Waals surface area contributed by atoms with Crippen LogP contribution in [0.3, 0.4) is 0 Å². The lowest BCUT2D eigenvalue weighted by Crippen LogP contribution is -2.59. The summed E-state index contributed by atoms with van der Waals surface area (Å²) in [7, 11) is -1.65. The number of nitrogens with one attached hydrogen (secondary N) is 1. The van der Waals surface area contributed by atoms with Gasteiger partial charge in [0.2, 0.25) is 0 Å². The summed E-state index contributed by atoms with van der Waals surface area (Å²) in [5.41, 5.74) is -0.824. The number of esters is 1. The van der Waals surface area contributed by atoms with Gasteiger partial charge in [-0.1, -0.05) is 6.92 Å². The predicted molar refractivity (Wildman–Crippen MR) is 65.5 cm³/mol. The number of carbonyl (C=O) groups excluding carboxylic acids is 1. The topological polar surface area (TPSA) is 72.5 Å². The van der Waals surface area contributed by atoms with E-state index in [0.717, 1.165) is 6.42 Å². The quantitative estimate of drug-likeness (QED) is 0.748. The first-order valence-corrected chi connectivity index (χ1v) is 7.74. The van der Waals surface area contributed by atoms with E-state index in [1.807, 2.05) is 13.8 Å². The van der Waals surface area contributed by atoms with Crippen molar-refractivity contribution in [3.8, 4) is 0 Å². The van der Waals surface area contributed by atoms with E-state index in [1.54, 1.807) is 0 Å². The molecule has 1 fully saturated rings. The van der Waals surface area contributed by atoms with Crippen molar-refractivity contribution in [2.75, 3.05) is 18.6 Å². The maximum atomic E-state index is 11.9. The summed E-state index contributed by atoms with van der Waals surface area (Å²) in [6.45, 7) is 4.00. The van der Waals surface area contributed by atoms with Gasteiger partial charge in [0.25, 0.3) is 0 Å². The molecule has 0 aromatic carbocycles. The van der Waals surface area contributed by atoms with Crippen LogP contribution in [0.25, 0.3) is 0 Å². The highest BCUT2D eigenvalue weighted by atomic mass is 32.2. The molecule has 1 unspecified atom stereocenters. The fraction of sp³-hybridized carbons (Fsp3) is 0.909. The summed E-state index contributed by atoms with van der Waals surface area (Å²) in [6, 6.07) is 0.162. The van der Waals surface area contributed by atoms with Crippen LogP contribution in [0.2, 0.25) is 0 Å². The van der Waals surface area contributed by atoms with Crippen LogP contribution >= 0.6 is 0 Å². The second-order valence-corrected chi connectivity index (χ2v) is 6.98. The normalized spacial score (nSPS) is 23.9. The van der Waals surface area contributed by atoms with E-state index in [1.165, 1.54) is 7.11 Å². The van der Waals surface area contributed by atoms with E-state index in [2.05, 4.69) is 5.32 Å². The Morgan fingerprint density at radius 3 is 2.35 bits per heavy atom. The van der Waals surface area contributed by atoms with Crippen LogP contribution in [-0.4, -0.2) is 44.6 Å². The molecule has 0 amide bonds. The van der Waals surface area contributed by atoms with Crippen LogP contribution in [0.15, 0.2) is 0 Å². The van der Waals surface area contributed by atoms with Gasteiger partial charge in [-0.15, -0.1) is 0 Å². The van der Waals surface area contributed by atoms with Crippen LogP contribution in [0, 0.1) is 0 Å². The molecule has 1 heterocycles. The number of methoxy groups -OCH3 is 1. The van der Waals surface area contributed by atoms with Gasteiger partial charge in [-0.3, -0.25) is 10.1 Å². The molecule has 0 aromatic rings. The van der Waals surface area contributed by atoms with Crippen molar-refractivity contribution >= 4 is 15.8 Å². The molecule has 0 bridgehead atoms. The number of carbonyl (C=O) groups is 1. The number of sulfone groups is 1. The van der Waals surface area contributed by atoms with Crippen molar-refractivity contribution in [2.24, 2.45) is 0 Å². The fourth-order valence-electron chi connectivity index (χ4n) is 2.06. The Hall–Kier alpha value is -0.620. The van der Waals surface area contributed by atoms with Gasteiger partial charge in [0.1, 0.15) is 15.4 Å². The van der Waals surface area contributed by atoms with Gasteiger partial charge in [0.05, 0.1) is 18.6 Å². The monoisotopic (exact) mass is 263 g/mol. The van der Waals surface area contributed by atoms with Gasteiger partial charge in [0.15, 0.2) is 0 Å². The van der Waals surface area contributed by atoms with Crippen LogP contribution < -0.4 is 5.32 Å². The minimum Gasteiger partial charge on any atom is -0.468 e. The van der Waals surface area contributed by atoms with Crippen molar-refractivity contribution in [2.45, 2.75) is 44.7 Å². The first-order chi connectivity index (χ1) is 7.85. The fourth-order valence-corrected chi connectivity index (χ4v) is 3.59. The molecule has 0 aromatic heterocycles. The first-order valence-electron chi connectivity index (χ1n) is 5.92. The van der Waals surface area contributed by atoms with Crippen LogP contribution in [0.4, 0.5) is 0 Å². The minimum absolute atomic E-state index is 0.0472. The third-order valence-corrected chi connectivity index (χ3v) is 5.04. The second-order valence-electron chi connectivity index (χ2n) is 4.68. The van der Waals surface area contributed by atoms with Crippen molar-refractivity contribution in [3.05, 3.63) is 0 Å². The Bertz CT molecular complexity index is 363. The third-order valence-electron chi connectivity index (χ3n) is 3.39. The van der Waals surface area contributed by atoms with Gasteiger partial charge in [-0.05, 0) is 26.2 Å². The van der Waals surface area contributed by atoms with Gasteiger partial charge in [-0.25, -0.2) is 8.42 Å². The lowest BCUT2D eigenvalue weighted by molar-refractivity contribution is -0.149. The highest BCUT2D eigenvalue weighted by Gasteiger charge is 2.44. The van der Waals surface area contributed by atoms with Gasteiger partial charge in [0, 0.05) is 6.04 Å². The summed E-state index contributed by atoms with van der Waals surface area (Å²) >= 11 is 0. The maximum absolute atomic E-state index is 11.9.